The molecule has 0 spiro atoms. The Hall–Kier alpha value is -2.04. The first-order chi connectivity index (χ1) is 11.1. The highest BCUT2D eigenvalue weighted by atomic mass is 35.5. The van der Waals surface area contributed by atoms with Crippen LogP contribution >= 0.6 is 12.4 Å². The summed E-state index contributed by atoms with van der Waals surface area (Å²) in [4.78, 5) is 12.2. The molecule has 1 unspecified atom stereocenters. The lowest BCUT2D eigenvalue weighted by Crippen LogP contribution is -2.37. The van der Waals surface area contributed by atoms with Crippen LogP contribution in [0.2, 0.25) is 0 Å². The van der Waals surface area contributed by atoms with E-state index in [1.54, 1.807) is 0 Å². The molecule has 0 bridgehead atoms. The van der Waals surface area contributed by atoms with Crippen molar-refractivity contribution in [3.63, 3.8) is 0 Å². The summed E-state index contributed by atoms with van der Waals surface area (Å²) in [5, 5.41) is 2.84. The summed E-state index contributed by atoms with van der Waals surface area (Å²) in [5.41, 5.74) is 7.74. The quantitative estimate of drug-likeness (QED) is 0.800. The molecule has 2 aromatic carbocycles. The van der Waals surface area contributed by atoms with Crippen LogP contribution in [0.3, 0.4) is 0 Å². The second-order valence-corrected chi connectivity index (χ2v) is 5.65. The van der Waals surface area contributed by atoms with Gasteiger partial charge in [-0.25, -0.2) is 0 Å². The molecule has 0 heterocycles. The van der Waals surface area contributed by atoms with Crippen LogP contribution in [0.4, 0.5) is 5.69 Å². The average Bonchev–Trinajstić information content (AvgIpc) is 2.57. The molecule has 0 fully saturated rings. The Bertz CT molecular complexity index is 617. The number of halogens is 1. The summed E-state index contributed by atoms with van der Waals surface area (Å²) in [6.45, 7) is 4.10. The highest BCUT2D eigenvalue weighted by molar-refractivity contribution is 5.94. The summed E-state index contributed by atoms with van der Waals surface area (Å²) >= 11 is 0. The minimum absolute atomic E-state index is 0. The molecule has 0 saturated heterocycles. The minimum atomic E-state index is -0.576. The lowest BCUT2D eigenvalue weighted by molar-refractivity contribution is -0.117. The van der Waals surface area contributed by atoms with Crippen molar-refractivity contribution in [3.05, 3.63) is 60.2 Å². The highest BCUT2D eigenvalue weighted by Crippen LogP contribution is 2.18. The molecular formula is C19H25ClN2O2. The predicted octanol–water partition coefficient (Wildman–Crippen LogP) is 3.79. The first-order valence-electron chi connectivity index (χ1n) is 7.95. The maximum atomic E-state index is 12.2. The minimum Gasteiger partial charge on any atom is -0.491 e. The molecule has 2 rings (SSSR count). The lowest BCUT2D eigenvalue weighted by atomic mass is 10.1. The van der Waals surface area contributed by atoms with Gasteiger partial charge in [-0.3, -0.25) is 4.79 Å². The van der Waals surface area contributed by atoms with Gasteiger partial charge in [-0.2, -0.15) is 0 Å². The van der Waals surface area contributed by atoms with Crippen LogP contribution in [0.25, 0.3) is 0 Å². The number of hydrogen-bond acceptors (Lipinski definition) is 3. The third-order valence-electron chi connectivity index (χ3n) is 3.67. The van der Waals surface area contributed by atoms with Crippen molar-refractivity contribution < 1.29 is 9.53 Å². The fourth-order valence-electron chi connectivity index (χ4n) is 2.13. The van der Waals surface area contributed by atoms with Gasteiger partial charge < -0.3 is 15.8 Å². The van der Waals surface area contributed by atoms with Crippen LogP contribution in [0.15, 0.2) is 54.6 Å². The first-order valence-corrected chi connectivity index (χ1v) is 7.95. The Morgan fingerprint density at radius 3 is 2.33 bits per heavy atom. The van der Waals surface area contributed by atoms with E-state index in [-0.39, 0.29) is 24.4 Å². The second kappa shape index (κ2) is 9.96. The molecule has 0 radical (unpaired) electrons. The maximum Gasteiger partial charge on any atom is 0.241 e. The SMILES string of the molecule is CCC(C)Oc1ccc(NC(=O)[C@@H](N)Cc2ccccc2)cc1.Cl. The molecule has 0 aliphatic heterocycles. The van der Waals surface area contributed by atoms with Crippen molar-refractivity contribution in [2.45, 2.75) is 38.8 Å². The van der Waals surface area contributed by atoms with Gasteiger partial charge in [-0.05, 0) is 49.6 Å². The van der Waals surface area contributed by atoms with E-state index in [0.717, 1.165) is 23.4 Å². The van der Waals surface area contributed by atoms with E-state index in [1.807, 2.05) is 61.5 Å². The summed E-state index contributed by atoms with van der Waals surface area (Å²) in [7, 11) is 0. The van der Waals surface area contributed by atoms with Gasteiger partial charge in [0.2, 0.25) is 5.91 Å². The van der Waals surface area contributed by atoms with Crippen LogP contribution in [0, 0.1) is 0 Å². The second-order valence-electron chi connectivity index (χ2n) is 5.65. The predicted molar refractivity (Wildman–Crippen MR) is 101 cm³/mol. The maximum absolute atomic E-state index is 12.2. The topological polar surface area (TPSA) is 64.3 Å². The fourth-order valence-corrected chi connectivity index (χ4v) is 2.13. The zero-order valence-corrected chi connectivity index (χ0v) is 14.9. The fraction of sp³-hybridized carbons (Fsp3) is 0.316. The van der Waals surface area contributed by atoms with Crippen molar-refractivity contribution in [2.75, 3.05) is 5.32 Å². The summed E-state index contributed by atoms with van der Waals surface area (Å²) in [6, 6.07) is 16.5. The van der Waals surface area contributed by atoms with E-state index in [9.17, 15) is 4.79 Å². The van der Waals surface area contributed by atoms with Crippen molar-refractivity contribution in [1.29, 1.82) is 0 Å². The number of anilines is 1. The number of carbonyl (C=O) groups excluding carboxylic acids is 1. The van der Waals surface area contributed by atoms with Crippen molar-refractivity contribution in [1.82, 2.24) is 0 Å². The van der Waals surface area contributed by atoms with E-state index < -0.39 is 6.04 Å². The van der Waals surface area contributed by atoms with Gasteiger partial charge in [-0.15, -0.1) is 12.4 Å². The Kier molecular flexibility index (Phi) is 8.30. The Morgan fingerprint density at radius 2 is 1.75 bits per heavy atom. The van der Waals surface area contributed by atoms with Gasteiger partial charge in [0, 0.05) is 5.69 Å². The number of hydrogen-bond donors (Lipinski definition) is 2. The van der Waals surface area contributed by atoms with Gasteiger partial charge in [-0.1, -0.05) is 37.3 Å². The number of amides is 1. The van der Waals surface area contributed by atoms with E-state index in [2.05, 4.69) is 12.2 Å². The van der Waals surface area contributed by atoms with Gasteiger partial charge in [0.15, 0.2) is 0 Å². The normalized spacial score (nSPS) is 12.6. The van der Waals surface area contributed by atoms with Crippen LogP contribution in [-0.2, 0) is 11.2 Å². The lowest BCUT2D eigenvalue weighted by Gasteiger charge is -2.14. The smallest absolute Gasteiger partial charge is 0.241 e. The molecule has 0 aliphatic rings. The van der Waals surface area contributed by atoms with E-state index >= 15 is 0 Å². The molecular weight excluding hydrogens is 324 g/mol. The number of nitrogens with one attached hydrogen (secondary N) is 1. The van der Waals surface area contributed by atoms with Crippen molar-refractivity contribution in [2.24, 2.45) is 5.73 Å². The standard InChI is InChI=1S/C19H24N2O2.ClH/c1-3-14(2)23-17-11-9-16(10-12-17)21-19(22)18(20)13-15-7-5-4-6-8-15;/h4-12,14,18H,3,13,20H2,1-2H3,(H,21,22);1H/t14?,18-;/m0./s1. The van der Waals surface area contributed by atoms with Crippen LogP contribution in [-0.4, -0.2) is 18.1 Å². The van der Waals surface area contributed by atoms with Gasteiger partial charge in [0.05, 0.1) is 12.1 Å². The summed E-state index contributed by atoms with van der Waals surface area (Å²) in [5.74, 6) is 0.607. The van der Waals surface area contributed by atoms with Gasteiger partial charge >= 0.3 is 0 Å². The van der Waals surface area contributed by atoms with E-state index in [1.165, 1.54) is 0 Å². The Labute approximate surface area is 149 Å². The van der Waals surface area contributed by atoms with Crippen LogP contribution in [0.1, 0.15) is 25.8 Å². The molecule has 3 N–H and O–H groups in total. The molecule has 0 aromatic heterocycles. The van der Waals surface area contributed by atoms with E-state index in [4.69, 9.17) is 10.5 Å². The molecule has 5 heteroatoms. The van der Waals surface area contributed by atoms with E-state index in [0.29, 0.717) is 6.42 Å². The highest BCUT2D eigenvalue weighted by Gasteiger charge is 2.14. The largest absolute Gasteiger partial charge is 0.491 e. The van der Waals surface area contributed by atoms with Gasteiger partial charge in [0.1, 0.15) is 5.75 Å². The monoisotopic (exact) mass is 348 g/mol. The third-order valence-corrected chi connectivity index (χ3v) is 3.67. The number of benzene rings is 2. The number of nitrogens with two attached hydrogens (primary N) is 1. The molecule has 4 nitrogen and oxygen atoms in total. The first kappa shape index (κ1) is 20.0. The number of carbonyl (C=O) groups is 1. The molecule has 2 atom stereocenters. The molecule has 0 aliphatic carbocycles. The van der Waals surface area contributed by atoms with Crippen LogP contribution < -0.4 is 15.8 Å². The van der Waals surface area contributed by atoms with Crippen molar-refractivity contribution in [3.8, 4) is 5.75 Å². The van der Waals surface area contributed by atoms with Crippen LogP contribution in [0.5, 0.6) is 5.75 Å². The zero-order chi connectivity index (χ0) is 16.7. The third kappa shape index (κ3) is 6.22. The Balaban J connectivity index is 0.00000288. The van der Waals surface area contributed by atoms with Crippen molar-refractivity contribution >= 4 is 24.0 Å². The molecule has 2 aromatic rings. The summed E-state index contributed by atoms with van der Waals surface area (Å²) in [6.07, 6.45) is 1.64. The van der Waals surface area contributed by atoms with Gasteiger partial charge in [0.25, 0.3) is 0 Å². The molecule has 1 amide bonds. The zero-order valence-electron chi connectivity index (χ0n) is 14.1. The number of ether oxygens (including phenoxy) is 1. The molecule has 24 heavy (non-hydrogen) atoms. The Morgan fingerprint density at radius 1 is 1.12 bits per heavy atom. The number of rotatable bonds is 7. The molecule has 0 saturated carbocycles. The average molecular weight is 349 g/mol. The summed E-state index contributed by atoms with van der Waals surface area (Å²) < 4.78 is 5.71. The molecule has 130 valence electrons.